The number of hydrogen-bond donors (Lipinski definition) is 0. The van der Waals surface area contributed by atoms with Crippen LogP contribution in [0.15, 0.2) is 0 Å². The first-order valence-corrected chi connectivity index (χ1v) is 4.74. The molecule has 0 aromatic heterocycles. The van der Waals surface area contributed by atoms with E-state index in [0.717, 1.165) is 6.61 Å². The molecule has 11 heavy (non-hydrogen) atoms. The van der Waals surface area contributed by atoms with Crippen molar-refractivity contribution in [3.8, 4) is 0 Å². The summed E-state index contributed by atoms with van der Waals surface area (Å²) in [6.07, 6.45) is 5.89. The van der Waals surface area contributed by atoms with Crippen molar-refractivity contribution in [1.82, 2.24) is 0 Å². The molecule has 1 heteroatoms. The van der Waals surface area contributed by atoms with Crippen molar-refractivity contribution in [2.75, 3.05) is 6.61 Å². The molecular formula is C10H20O. The molecule has 1 fully saturated rings. The van der Waals surface area contributed by atoms with Gasteiger partial charge in [0, 0.05) is 6.61 Å². The molecule has 0 radical (unpaired) electrons. The van der Waals surface area contributed by atoms with Gasteiger partial charge in [0.05, 0.1) is 6.10 Å². The quantitative estimate of drug-likeness (QED) is 0.556. The molecule has 1 saturated carbocycles. The second kappa shape index (κ2) is 3.57. The van der Waals surface area contributed by atoms with Gasteiger partial charge in [0.25, 0.3) is 0 Å². The Kier molecular flexibility index (Phi) is 2.94. The van der Waals surface area contributed by atoms with E-state index in [1.807, 2.05) is 0 Å². The van der Waals surface area contributed by atoms with Crippen molar-refractivity contribution in [2.24, 2.45) is 5.41 Å². The first kappa shape index (κ1) is 9.05. The fourth-order valence-corrected chi connectivity index (χ4v) is 1.28. The van der Waals surface area contributed by atoms with E-state index in [1.54, 1.807) is 0 Å². The van der Waals surface area contributed by atoms with Gasteiger partial charge in [0.1, 0.15) is 0 Å². The Morgan fingerprint density at radius 3 is 2.45 bits per heavy atom. The van der Waals surface area contributed by atoms with Crippen molar-refractivity contribution < 1.29 is 4.74 Å². The summed E-state index contributed by atoms with van der Waals surface area (Å²) >= 11 is 0. The van der Waals surface area contributed by atoms with E-state index in [-0.39, 0.29) is 0 Å². The zero-order chi connectivity index (χ0) is 8.32. The Morgan fingerprint density at radius 1 is 1.36 bits per heavy atom. The third-order valence-corrected chi connectivity index (χ3v) is 2.48. The highest BCUT2D eigenvalue weighted by Crippen LogP contribution is 2.48. The maximum Gasteiger partial charge on any atom is 0.0518 e. The van der Waals surface area contributed by atoms with Crippen LogP contribution in [0.1, 0.15) is 46.5 Å². The summed E-state index contributed by atoms with van der Waals surface area (Å²) in [6, 6.07) is 0. The average molecular weight is 156 g/mol. The summed E-state index contributed by atoms with van der Waals surface area (Å²) in [5.41, 5.74) is 0.709. The molecule has 1 nitrogen and oxygen atoms in total. The van der Waals surface area contributed by atoms with Crippen LogP contribution in [0, 0.1) is 5.41 Å². The van der Waals surface area contributed by atoms with Gasteiger partial charge in [-0.15, -0.1) is 0 Å². The Bertz CT molecular complexity index is 114. The highest BCUT2D eigenvalue weighted by molar-refractivity contribution is 4.87. The highest BCUT2D eigenvalue weighted by Gasteiger charge is 2.35. The summed E-state index contributed by atoms with van der Waals surface area (Å²) < 4.78 is 5.46. The van der Waals surface area contributed by atoms with Crippen molar-refractivity contribution in [1.29, 1.82) is 0 Å². The monoisotopic (exact) mass is 156 g/mol. The molecule has 0 N–H and O–H groups in total. The van der Waals surface area contributed by atoms with Crippen molar-refractivity contribution in [3.63, 3.8) is 0 Å². The predicted octanol–water partition coefficient (Wildman–Crippen LogP) is 2.99. The predicted molar refractivity (Wildman–Crippen MR) is 47.7 cm³/mol. The Hall–Kier alpha value is -0.0400. The lowest BCUT2D eigenvalue weighted by Crippen LogP contribution is -2.05. The lowest BCUT2D eigenvalue weighted by Gasteiger charge is -2.09. The van der Waals surface area contributed by atoms with Crippen LogP contribution in [0.5, 0.6) is 0 Å². The maximum atomic E-state index is 5.46. The van der Waals surface area contributed by atoms with Crippen LogP contribution in [0.4, 0.5) is 0 Å². The van der Waals surface area contributed by atoms with Gasteiger partial charge in [-0.05, 0) is 44.9 Å². The molecule has 1 rings (SSSR count). The molecule has 0 aliphatic heterocycles. The molecule has 0 bridgehead atoms. The maximum absolute atomic E-state index is 5.46. The van der Waals surface area contributed by atoms with E-state index in [0.29, 0.717) is 11.5 Å². The highest BCUT2D eigenvalue weighted by atomic mass is 16.5. The summed E-state index contributed by atoms with van der Waals surface area (Å²) in [7, 11) is 0. The molecule has 1 aliphatic rings. The molecule has 0 aromatic rings. The number of ether oxygens (including phenoxy) is 1. The van der Waals surface area contributed by atoms with Gasteiger partial charge < -0.3 is 4.74 Å². The second-order valence-corrected chi connectivity index (χ2v) is 4.33. The first-order valence-electron chi connectivity index (χ1n) is 4.74. The molecule has 0 saturated heterocycles. The molecule has 0 amide bonds. The lowest BCUT2D eigenvalue weighted by atomic mass is 10.0. The molecule has 0 heterocycles. The van der Waals surface area contributed by atoms with Crippen LogP contribution in [0.25, 0.3) is 0 Å². The summed E-state index contributed by atoms with van der Waals surface area (Å²) in [4.78, 5) is 0. The zero-order valence-corrected chi connectivity index (χ0v) is 8.02. The summed E-state index contributed by atoms with van der Waals surface area (Å²) in [5, 5.41) is 0. The Morgan fingerprint density at radius 2 is 2.00 bits per heavy atom. The largest absolute Gasteiger partial charge is 0.379 e. The van der Waals surface area contributed by atoms with E-state index in [4.69, 9.17) is 4.74 Å². The molecule has 1 aliphatic carbocycles. The number of hydrogen-bond acceptors (Lipinski definition) is 1. The molecular weight excluding hydrogens is 136 g/mol. The first-order chi connectivity index (χ1) is 5.12. The van der Waals surface area contributed by atoms with Crippen molar-refractivity contribution in [3.05, 3.63) is 0 Å². The Balaban J connectivity index is 1.88. The molecule has 0 aromatic carbocycles. The standard InChI is InChI=1S/C10H20O/c1-9(2)11-8-4-5-10(3)6-7-10/h9H,4-8H2,1-3H3. The van der Waals surface area contributed by atoms with Crippen LogP contribution in [-0.2, 0) is 4.74 Å². The normalized spacial score (nSPS) is 20.7. The van der Waals surface area contributed by atoms with Crippen LogP contribution < -0.4 is 0 Å². The van der Waals surface area contributed by atoms with E-state index < -0.39 is 0 Å². The summed E-state index contributed by atoms with van der Waals surface area (Å²) in [6.45, 7) is 7.52. The van der Waals surface area contributed by atoms with Gasteiger partial charge in [0.15, 0.2) is 0 Å². The molecule has 66 valence electrons. The van der Waals surface area contributed by atoms with Gasteiger partial charge in [-0.1, -0.05) is 6.92 Å². The minimum absolute atomic E-state index is 0.405. The smallest absolute Gasteiger partial charge is 0.0518 e. The van der Waals surface area contributed by atoms with Crippen molar-refractivity contribution >= 4 is 0 Å². The van der Waals surface area contributed by atoms with Gasteiger partial charge in [-0.25, -0.2) is 0 Å². The minimum Gasteiger partial charge on any atom is -0.379 e. The van der Waals surface area contributed by atoms with E-state index in [2.05, 4.69) is 20.8 Å². The zero-order valence-electron chi connectivity index (χ0n) is 8.02. The van der Waals surface area contributed by atoms with Crippen LogP contribution >= 0.6 is 0 Å². The van der Waals surface area contributed by atoms with Gasteiger partial charge in [-0.2, -0.15) is 0 Å². The van der Waals surface area contributed by atoms with Crippen molar-refractivity contribution in [2.45, 2.75) is 52.6 Å². The topological polar surface area (TPSA) is 9.23 Å². The van der Waals surface area contributed by atoms with Crippen LogP contribution in [0.2, 0.25) is 0 Å². The van der Waals surface area contributed by atoms with E-state index in [9.17, 15) is 0 Å². The third-order valence-electron chi connectivity index (χ3n) is 2.48. The Labute approximate surface area is 70.1 Å². The number of rotatable bonds is 5. The minimum atomic E-state index is 0.405. The van der Waals surface area contributed by atoms with Crippen LogP contribution in [-0.4, -0.2) is 12.7 Å². The fraction of sp³-hybridized carbons (Fsp3) is 1.00. The summed E-state index contributed by atoms with van der Waals surface area (Å²) in [5.74, 6) is 0. The van der Waals surface area contributed by atoms with E-state index >= 15 is 0 Å². The van der Waals surface area contributed by atoms with Gasteiger partial charge in [-0.3, -0.25) is 0 Å². The second-order valence-electron chi connectivity index (χ2n) is 4.33. The van der Waals surface area contributed by atoms with Gasteiger partial charge >= 0.3 is 0 Å². The van der Waals surface area contributed by atoms with Crippen LogP contribution in [0.3, 0.4) is 0 Å². The molecule has 0 atom stereocenters. The lowest BCUT2D eigenvalue weighted by molar-refractivity contribution is 0.0733. The average Bonchev–Trinajstić information content (AvgIpc) is 2.62. The SMILES string of the molecule is CC(C)OCCCC1(C)CC1. The molecule has 0 spiro atoms. The fourth-order valence-electron chi connectivity index (χ4n) is 1.28. The third kappa shape index (κ3) is 3.76. The van der Waals surface area contributed by atoms with Gasteiger partial charge in [0.2, 0.25) is 0 Å². The molecule has 0 unspecified atom stereocenters. The van der Waals surface area contributed by atoms with E-state index in [1.165, 1.54) is 25.7 Å².